The molecule has 11 heteroatoms. The summed E-state index contributed by atoms with van der Waals surface area (Å²) in [4.78, 5) is 24.4. The maximum absolute atomic E-state index is 13.0. The lowest BCUT2D eigenvalue weighted by molar-refractivity contribution is -0.137. The third-order valence-corrected chi connectivity index (χ3v) is 4.56. The highest BCUT2D eigenvalue weighted by Crippen LogP contribution is 2.30. The van der Waals surface area contributed by atoms with E-state index in [9.17, 15) is 27.2 Å². The first-order chi connectivity index (χ1) is 15.7. The third kappa shape index (κ3) is 6.31. The second-order valence-corrected chi connectivity index (χ2v) is 6.95. The Kier molecular flexibility index (Phi) is 7.31. The van der Waals surface area contributed by atoms with Crippen molar-refractivity contribution in [3.8, 4) is 11.4 Å². The summed E-state index contributed by atoms with van der Waals surface area (Å²) in [5.74, 6) is -1.24. The summed E-state index contributed by atoms with van der Waals surface area (Å²) in [5.41, 5.74) is -0.220. The summed E-state index contributed by atoms with van der Waals surface area (Å²) >= 11 is 0. The van der Waals surface area contributed by atoms with Gasteiger partial charge >= 0.3 is 6.18 Å². The monoisotopic (exact) mass is 464 g/mol. The molecule has 7 nitrogen and oxygen atoms in total. The summed E-state index contributed by atoms with van der Waals surface area (Å²) in [5, 5.41) is 9.23. The molecule has 33 heavy (non-hydrogen) atoms. The first-order valence-corrected chi connectivity index (χ1v) is 9.78. The van der Waals surface area contributed by atoms with E-state index >= 15 is 0 Å². The number of hydrogen-bond donors (Lipinski definition) is 2. The van der Waals surface area contributed by atoms with Crippen LogP contribution in [0.4, 0.5) is 17.6 Å². The molecule has 0 atom stereocenters. The number of rotatable bonds is 8. The van der Waals surface area contributed by atoms with E-state index in [1.165, 1.54) is 49.7 Å². The standard InChI is InChI=1S/C22H20F4N4O3/c1-33-18-13-30(17-4-2-3-15(12-17)22(24,25)26)29-20(18)21(32)28-10-9-27-19(31)11-14-5-7-16(23)8-6-14/h2-8,12-13H,9-11H2,1H3,(H,27,31)(H,28,32). The summed E-state index contributed by atoms with van der Waals surface area (Å²) in [6.07, 6.45) is -3.16. The molecule has 0 radical (unpaired) electrons. The van der Waals surface area contributed by atoms with Gasteiger partial charge in [0.2, 0.25) is 5.91 Å². The first kappa shape index (κ1) is 23.8. The largest absolute Gasteiger partial charge is 0.493 e. The molecular weight excluding hydrogens is 444 g/mol. The van der Waals surface area contributed by atoms with Crippen molar-refractivity contribution in [2.75, 3.05) is 20.2 Å². The molecule has 0 aliphatic heterocycles. The highest BCUT2D eigenvalue weighted by atomic mass is 19.4. The number of amides is 2. The van der Waals surface area contributed by atoms with Crippen molar-refractivity contribution in [2.24, 2.45) is 0 Å². The molecule has 0 aliphatic carbocycles. The molecule has 0 fully saturated rings. The van der Waals surface area contributed by atoms with Crippen molar-refractivity contribution in [3.05, 3.63) is 77.4 Å². The van der Waals surface area contributed by atoms with Crippen molar-refractivity contribution in [1.29, 1.82) is 0 Å². The molecule has 2 aromatic carbocycles. The zero-order valence-corrected chi connectivity index (χ0v) is 17.4. The van der Waals surface area contributed by atoms with Gasteiger partial charge in [-0.1, -0.05) is 18.2 Å². The summed E-state index contributed by atoms with van der Waals surface area (Å²) < 4.78 is 58.0. The highest BCUT2D eigenvalue weighted by Gasteiger charge is 2.30. The lowest BCUT2D eigenvalue weighted by Gasteiger charge is -2.08. The lowest BCUT2D eigenvalue weighted by atomic mass is 10.1. The van der Waals surface area contributed by atoms with E-state index in [2.05, 4.69) is 15.7 Å². The lowest BCUT2D eigenvalue weighted by Crippen LogP contribution is -2.35. The average molecular weight is 464 g/mol. The first-order valence-electron chi connectivity index (χ1n) is 9.78. The van der Waals surface area contributed by atoms with Crippen LogP contribution in [0.5, 0.6) is 5.75 Å². The van der Waals surface area contributed by atoms with Crippen LogP contribution >= 0.6 is 0 Å². The number of carbonyl (C=O) groups excluding carboxylic acids is 2. The van der Waals surface area contributed by atoms with Gasteiger partial charge in [-0.25, -0.2) is 9.07 Å². The zero-order valence-electron chi connectivity index (χ0n) is 17.4. The van der Waals surface area contributed by atoms with Crippen LogP contribution in [0.15, 0.2) is 54.7 Å². The summed E-state index contributed by atoms with van der Waals surface area (Å²) in [7, 11) is 1.31. The maximum Gasteiger partial charge on any atom is 0.416 e. The molecule has 0 saturated carbocycles. The number of methoxy groups -OCH3 is 1. The quantitative estimate of drug-likeness (QED) is 0.396. The van der Waals surface area contributed by atoms with Crippen LogP contribution in [0.25, 0.3) is 5.69 Å². The van der Waals surface area contributed by atoms with Crippen molar-refractivity contribution < 1.29 is 31.9 Å². The number of carbonyl (C=O) groups is 2. The van der Waals surface area contributed by atoms with Crippen LogP contribution in [0.2, 0.25) is 0 Å². The molecule has 2 N–H and O–H groups in total. The number of benzene rings is 2. The van der Waals surface area contributed by atoms with Gasteiger partial charge in [-0.05, 0) is 35.9 Å². The van der Waals surface area contributed by atoms with Gasteiger partial charge in [-0.3, -0.25) is 9.59 Å². The third-order valence-electron chi connectivity index (χ3n) is 4.56. The molecule has 0 aliphatic rings. The minimum atomic E-state index is -4.52. The zero-order chi connectivity index (χ0) is 24.0. The van der Waals surface area contributed by atoms with Gasteiger partial charge in [-0.15, -0.1) is 0 Å². The molecule has 1 heterocycles. The highest BCUT2D eigenvalue weighted by molar-refractivity contribution is 5.95. The number of aromatic nitrogens is 2. The molecule has 0 saturated heterocycles. The van der Waals surface area contributed by atoms with E-state index in [4.69, 9.17) is 4.74 Å². The van der Waals surface area contributed by atoms with E-state index in [-0.39, 0.29) is 42.5 Å². The Morgan fingerprint density at radius 2 is 1.76 bits per heavy atom. The average Bonchev–Trinajstić information content (AvgIpc) is 3.22. The molecule has 0 bridgehead atoms. The maximum atomic E-state index is 13.0. The normalized spacial score (nSPS) is 11.2. The molecule has 3 aromatic rings. The minimum Gasteiger partial charge on any atom is -0.493 e. The predicted molar refractivity (Wildman–Crippen MR) is 111 cm³/mol. The Bertz CT molecular complexity index is 1130. The van der Waals surface area contributed by atoms with Crippen molar-refractivity contribution in [3.63, 3.8) is 0 Å². The van der Waals surface area contributed by atoms with Gasteiger partial charge in [0.15, 0.2) is 11.4 Å². The van der Waals surface area contributed by atoms with Crippen LogP contribution in [0.3, 0.4) is 0 Å². The molecule has 0 spiro atoms. The molecule has 0 unspecified atom stereocenters. The Hall–Kier alpha value is -3.89. The molecule has 174 valence electrons. The number of alkyl halides is 3. The van der Waals surface area contributed by atoms with Gasteiger partial charge in [0.05, 0.1) is 31.0 Å². The van der Waals surface area contributed by atoms with Crippen molar-refractivity contribution in [2.45, 2.75) is 12.6 Å². The molecular formula is C22H20F4N4O3. The van der Waals surface area contributed by atoms with E-state index in [0.29, 0.717) is 5.56 Å². The number of nitrogens with zero attached hydrogens (tertiary/aromatic N) is 2. The van der Waals surface area contributed by atoms with E-state index in [0.717, 1.165) is 16.8 Å². The van der Waals surface area contributed by atoms with Gasteiger partial charge in [-0.2, -0.15) is 18.3 Å². The SMILES string of the molecule is COc1cn(-c2cccc(C(F)(F)F)c2)nc1C(=O)NCCNC(=O)Cc1ccc(F)cc1. The fourth-order valence-corrected chi connectivity index (χ4v) is 2.93. The van der Waals surface area contributed by atoms with Gasteiger partial charge < -0.3 is 15.4 Å². The van der Waals surface area contributed by atoms with Crippen LogP contribution in [-0.4, -0.2) is 41.8 Å². The van der Waals surface area contributed by atoms with Crippen molar-refractivity contribution >= 4 is 11.8 Å². The van der Waals surface area contributed by atoms with E-state index in [1.807, 2.05) is 0 Å². The predicted octanol–water partition coefficient (Wildman–Crippen LogP) is 3.13. The minimum absolute atomic E-state index is 0.0590. The number of nitrogens with one attached hydrogen (secondary N) is 2. The van der Waals surface area contributed by atoms with E-state index < -0.39 is 23.5 Å². The summed E-state index contributed by atoms with van der Waals surface area (Å²) in [6.45, 7) is 0.204. The second-order valence-electron chi connectivity index (χ2n) is 6.95. The van der Waals surface area contributed by atoms with Crippen LogP contribution in [0.1, 0.15) is 21.6 Å². The Morgan fingerprint density at radius 3 is 2.42 bits per heavy atom. The smallest absolute Gasteiger partial charge is 0.416 e. The Labute approximate surface area is 186 Å². The topological polar surface area (TPSA) is 85.2 Å². The number of halogens is 4. The van der Waals surface area contributed by atoms with E-state index in [1.54, 1.807) is 0 Å². The van der Waals surface area contributed by atoms with Gasteiger partial charge in [0.1, 0.15) is 5.82 Å². The fraction of sp³-hybridized carbons (Fsp3) is 0.227. The van der Waals surface area contributed by atoms with Gasteiger partial charge in [0.25, 0.3) is 5.91 Å². The Morgan fingerprint density at radius 1 is 1.06 bits per heavy atom. The molecule has 3 rings (SSSR count). The molecule has 2 amide bonds. The van der Waals surface area contributed by atoms with Gasteiger partial charge in [0, 0.05) is 13.1 Å². The van der Waals surface area contributed by atoms with Crippen LogP contribution in [-0.2, 0) is 17.4 Å². The van der Waals surface area contributed by atoms with Crippen molar-refractivity contribution in [1.82, 2.24) is 20.4 Å². The second kappa shape index (κ2) is 10.2. The fourth-order valence-electron chi connectivity index (χ4n) is 2.93. The van der Waals surface area contributed by atoms with Crippen LogP contribution in [0, 0.1) is 5.82 Å². The molecule has 1 aromatic heterocycles. The number of ether oxygens (including phenoxy) is 1. The van der Waals surface area contributed by atoms with Crippen LogP contribution < -0.4 is 15.4 Å². The number of hydrogen-bond acceptors (Lipinski definition) is 4. The Balaban J connectivity index is 1.57. The summed E-state index contributed by atoms with van der Waals surface area (Å²) in [6, 6.07) is 10.0.